The van der Waals surface area contributed by atoms with E-state index < -0.39 is 0 Å². The summed E-state index contributed by atoms with van der Waals surface area (Å²) in [7, 11) is 0. The number of hydrogen-bond donors (Lipinski definition) is 1. The number of alkyl halides is 1. The van der Waals surface area contributed by atoms with Gasteiger partial charge in [-0.2, -0.15) is 0 Å². The van der Waals surface area contributed by atoms with Gasteiger partial charge in [-0.15, -0.1) is 11.6 Å². The van der Waals surface area contributed by atoms with Crippen LogP contribution < -0.4 is 5.32 Å². The molecule has 4 heteroatoms. The monoisotopic (exact) mass is 218 g/mol. The number of halogens is 1. The highest BCUT2D eigenvalue weighted by Gasteiger charge is 2.21. The predicted molar refractivity (Wildman–Crippen MR) is 58.6 cm³/mol. The molecular formula is C10H19ClN2O. The van der Waals surface area contributed by atoms with Gasteiger partial charge in [0.05, 0.1) is 0 Å². The number of nitrogens with one attached hydrogen (secondary N) is 1. The number of hydrogen-bond acceptors (Lipinski definition) is 2. The van der Waals surface area contributed by atoms with Crippen molar-refractivity contribution in [2.24, 2.45) is 0 Å². The van der Waals surface area contributed by atoms with Gasteiger partial charge in [0.2, 0.25) is 5.91 Å². The van der Waals surface area contributed by atoms with E-state index in [-0.39, 0.29) is 11.8 Å². The van der Waals surface area contributed by atoms with Crippen molar-refractivity contribution < 1.29 is 4.79 Å². The lowest BCUT2D eigenvalue weighted by Crippen LogP contribution is -2.46. The molecule has 1 amide bonds. The van der Waals surface area contributed by atoms with E-state index in [0.717, 1.165) is 25.9 Å². The minimum absolute atomic E-state index is 0.0466. The zero-order chi connectivity index (χ0) is 10.6. The van der Waals surface area contributed by atoms with Crippen LogP contribution in [-0.2, 0) is 4.79 Å². The van der Waals surface area contributed by atoms with E-state index in [9.17, 15) is 4.79 Å². The summed E-state index contributed by atoms with van der Waals surface area (Å²) in [6.07, 6.45) is 2.08. The third-order valence-corrected chi connectivity index (χ3v) is 2.99. The number of carbonyl (C=O) groups is 1. The van der Waals surface area contributed by atoms with Crippen LogP contribution in [0.3, 0.4) is 0 Å². The Bertz CT molecular complexity index is 189. The molecule has 1 aliphatic rings. The van der Waals surface area contributed by atoms with E-state index >= 15 is 0 Å². The first-order chi connectivity index (χ1) is 6.63. The summed E-state index contributed by atoms with van der Waals surface area (Å²) in [5, 5.41) is 2.93. The lowest BCUT2D eigenvalue weighted by molar-refractivity contribution is -0.119. The standard InChI is InChI=1S/C10H19ClN2O/c1-8(2)13-5-3-9(4-6-13)12-10(14)7-11/h8-9H,3-7H2,1-2H3,(H,12,14). The Morgan fingerprint density at radius 2 is 2.07 bits per heavy atom. The summed E-state index contributed by atoms with van der Waals surface area (Å²) in [4.78, 5) is 13.5. The number of amides is 1. The van der Waals surface area contributed by atoms with Gasteiger partial charge in [0.15, 0.2) is 0 Å². The number of nitrogens with zero attached hydrogens (tertiary/aromatic N) is 1. The van der Waals surface area contributed by atoms with Gasteiger partial charge in [0.1, 0.15) is 5.88 Å². The molecular weight excluding hydrogens is 200 g/mol. The maximum Gasteiger partial charge on any atom is 0.235 e. The molecule has 1 aliphatic heterocycles. The highest BCUT2D eigenvalue weighted by atomic mass is 35.5. The van der Waals surface area contributed by atoms with Crippen molar-refractivity contribution >= 4 is 17.5 Å². The van der Waals surface area contributed by atoms with E-state index in [1.807, 2.05) is 0 Å². The van der Waals surface area contributed by atoms with E-state index in [2.05, 4.69) is 24.1 Å². The lowest BCUT2D eigenvalue weighted by atomic mass is 10.0. The average molecular weight is 219 g/mol. The van der Waals surface area contributed by atoms with Crippen molar-refractivity contribution in [3.63, 3.8) is 0 Å². The molecule has 0 aromatic carbocycles. The van der Waals surface area contributed by atoms with Gasteiger partial charge in [-0.05, 0) is 26.7 Å². The molecule has 1 heterocycles. The maximum atomic E-state index is 11.0. The van der Waals surface area contributed by atoms with Crippen molar-refractivity contribution in [1.82, 2.24) is 10.2 Å². The van der Waals surface area contributed by atoms with E-state index in [1.165, 1.54) is 0 Å². The summed E-state index contributed by atoms with van der Waals surface area (Å²) in [6.45, 7) is 6.56. The molecule has 0 atom stereocenters. The van der Waals surface area contributed by atoms with Gasteiger partial charge in [-0.1, -0.05) is 0 Å². The zero-order valence-corrected chi connectivity index (χ0v) is 9.68. The van der Waals surface area contributed by atoms with Gasteiger partial charge < -0.3 is 10.2 Å². The molecule has 1 saturated heterocycles. The van der Waals surface area contributed by atoms with Crippen molar-refractivity contribution in [2.75, 3.05) is 19.0 Å². The van der Waals surface area contributed by atoms with Crippen LogP contribution in [0.25, 0.3) is 0 Å². The predicted octanol–water partition coefficient (Wildman–Crippen LogP) is 1.21. The molecule has 1 N–H and O–H groups in total. The van der Waals surface area contributed by atoms with Crippen molar-refractivity contribution in [3.8, 4) is 0 Å². The van der Waals surface area contributed by atoms with E-state index in [4.69, 9.17) is 11.6 Å². The number of piperidine rings is 1. The molecule has 1 rings (SSSR count). The molecule has 82 valence electrons. The first-order valence-corrected chi connectivity index (χ1v) is 5.76. The summed E-state index contributed by atoms with van der Waals surface area (Å²) >= 11 is 5.43. The van der Waals surface area contributed by atoms with E-state index in [1.54, 1.807) is 0 Å². The van der Waals surface area contributed by atoms with Crippen LogP contribution in [0.2, 0.25) is 0 Å². The third kappa shape index (κ3) is 3.46. The smallest absolute Gasteiger partial charge is 0.235 e. The normalized spacial score (nSPS) is 20.0. The Hall–Kier alpha value is -0.280. The maximum absolute atomic E-state index is 11.0. The molecule has 3 nitrogen and oxygen atoms in total. The van der Waals surface area contributed by atoms with Crippen LogP contribution in [0.5, 0.6) is 0 Å². The molecule has 0 unspecified atom stereocenters. The van der Waals surface area contributed by atoms with Crippen LogP contribution in [0, 0.1) is 0 Å². The fraction of sp³-hybridized carbons (Fsp3) is 0.900. The van der Waals surface area contributed by atoms with Crippen LogP contribution in [0.4, 0.5) is 0 Å². The Labute approximate surface area is 90.8 Å². The molecule has 0 radical (unpaired) electrons. The molecule has 0 bridgehead atoms. The van der Waals surface area contributed by atoms with Crippen LogP contribution in [0.1, 0.15) is 26.7 Å². The van der Waals surface area contributed by atoms with Gasteiger partial charge >= 0.3 is 0 Å². The highest BCUT2D eigenvalue weighted by Crippen LogP contribution is 2.12. The highest BCUT2D eigenvalue weighted by molar-refractivity contribution is 6.27. The second-order valence-corrected chi connectivity index (χ2v) is 4.37. The van der Waals surface area contributed by atoms with Crippen LogP contribution in [0.15, 0.2) is 0 Å². The largest absolute Gasteiger partial charge is 0.352 e. The SMILES string of the molecule is CC(C)N1CCC(NC(=O)CCl)CC1. The number of likely N-dealkylation sites (tertiary alicyclic amines) is 1. The summed E-state index contributed by atoms with van der Waals surface area (Å²) in [6, 6.07) is 0.941. The van der Waals surface area contributed by atoms with Gasteiger partial charge in [-0.3, -0.25) is 4.79 Å². The van der Waals surface area contributed by atoms with Crippen LogP contribution in [-0.4, -0.2) is 41.9 Å². The Morgan fingerprint density at radius 1 is 1.50 bits per heavy atom. The van der Waals surface area contributed by atoms with Gasteiger partial charge in [0.25, 0.3) is 0 Å². The topological polar surface area (TPSA) is 32.3 Å². The van der Waals surface area contributed by atoms with E-state index in [0.29, 0.717) is 12.1 Å². The molecule has 0 aliphatic carbocycles. The van der Waals surface area contributed by atoms with Crippen LogP contribution >= 0.6 is 11.6 Å². The molecule has 1 fully saturated rings. The Balaban J connectivity index is 2.25. The first kappa shape index (κ1) is 11.8. The van der Waals surface area contributed by atoms with Crippen molar-refractivity contribution in [3.05, 3.63) is 0 Å². The second-order valence-electron chi connectivity index (χ2n) is 4.11. The Kier molecular flexibility index (Phi) is 4.69. The fourth-order valence-corrected chi connectivity index (χ4v) is 1.90. The molecule has 0 saturated carbocycles. The second kappa shape index (κ2) is 5.56. The molecule has 14 heavy (non-hydrogen) atoms. The quantitative estimate of drug-likeness (QED) is 0.723. The third-order valence-electron chi connectivity index (χ3n) is 2.75. The molecule has 0 spiro atoms. The number of carbonyl (C=O) groups excluding carboxylic acids is 1. The lowest BCUT2D eigenvalue weighted by Gasteiger charge is -2.34. The molecule has 0 aromatic heterocycles. The summed E-state index contributed by atoms with van der Waals surface area (Å²) in [5.41, 5.74) is 0. The Morgan fingerprint density at radius 3 is 2.50 bits per heavy atom. The van der Waals surface area contributed by atoms with Crippen molar-refractivity contribution in [2.45, 2.75) is 38.8 Å². The number of rotatable bonds is 3. The molecule has 0 aromatic rings. The van der Waals surface area contributed by atoms with Gasteiger partial charge in [0, 0.05) is 25.2 Å². The first-order valence-electron chi connectivity index (χ1n) is 5.23. The summed E-state index contributed by atoms with van der Waals surface area (Å²) in [5.74, 6) is 0.0272. The van der Waals surface area contributed by atoms with Gasteiger partial charge in [-0.25, -0.2) is 0 Å². The fourth-order valence-electron chi connectivity index (χ4n) is 1.83. The van der Waals surface area contributed by atoms with Crippen molar-refractivity contribution in [1.29, 1.82) is 0 Å². The average Bonchev–Trinajstić information content (AvgIpc) is 2.18. The minimum Gasteiger partial charge on any atom is -0.352 e. The minimum atomic E-state index is -0.0466. The zero-order valence-electron chi connectivity index (χ0n) is 8.92. The summed E-state index contributed by atoms with van der Waals surface area (Å²) < 4.78 is 0.